The zero-order chi connectivity index (χ0) is 16.6. The fraction of sp³-hybridized carbons (Fsp3) is 0.118. The van der Waals surface area contributed by atoms with Gasteiger partial charge in [-0.1, -0.05) is 35.3 Å². The molecule has 0 unspecified atom stereocenters. The average Bonchev–Trinajstić information content (AvgIpc) is 2.84. The Morgan fingerprint density at radius 3 is 2.65 bits per heavy atom. The second-order valence-electron chi connectivity index (χ2n) is 5.17. The van der Waals surface area contributed by atoms with Crippen molar-refractivity contribution in [1.82, 2.24) is 9.97 Å². The maximum absolute atomic E-state index is 6.30. The van der Waals surface area contributed by atoms with Gasteiger partial charge in [-0.3, -0.25) is 0 Å². The highest BCUT2D eigenvalue weighted by Crippen LogP contribution is 2.32. The lowest BCUT2D eigenvalue weighted by Gasteiger charge is -2.04. The van der Waals surface area contributed by atoms with Gasteiger partial charge in [0.1, 0.15) is 5.82 Å². The second kappa shape index (κ2) is 6.98. The van der Waals surface area contributed by atoms with Crippen LogP contribution in [0.1, 0.15) is 17.1 Å². The first-order valence-corrected chi connectivity index (χ1v) is 9.23. The van der Waals surface area contributed by atoms with E-state index in [-0.39, 0.29) is 0 Å². The summed E-state index contributed by atoms with van der Waals surface area (Å²) in [6, 6.07) is 11.5. The number of nitrogens with zero attached hydrogens (tertiary/aromatic N) is 1. The van der Waals surface area contributed by atoms with E-state index in [1.807, 2.05) is 31.2 Å². The quantitative estimate of drug-likeness (QED) is 0.444. The van der Waals surface area contributed by atoms with Crippen molar-refractivity contribution in [3.05, 3.63) is 72.5 Å². The minimum absolute atomic E-state index is 0.599. The molecule has 2 nitrogen and oxygen atoms in total. The van der Waals surface area contributed by atoms with Crippen molar-refractivity contribution >= 4 is 55.1 Å². The van der Waals surface area contributed by atoms with Crippen LogP contribution in [0.5, 0.6) is 0 Å². The summed E-state index contributed by atoms with van der Waals surface area (Å²) in [6.45, 7) is 1.99. The van der Waals surface area contributed by atoms with Gasteiger partial charge in [0.25, 0.3) is 0 Å². The highest BCUT2D eigenvalue weighted by Gasteiger charge is 2.14. The van der Waals surface area contributed by atoms with Crippen LogP contribution in [0, 0.1) is 6.92 Å². The summed E-state index contributed by atoms with van der Waals surface area (Å²) in [5.41, 5.74) is 3.87. The molecule has 3 aromatic rings. The Kier molecular flexibility index (Phi) is 5.16. The lowest BCUT2D eigenvalue weighted by Crippen LogP contribution is -1.92. The van der Waals surface area contributed by atoms with Crippen LogP contribution in [0.15, 0.2) is 45.3 Å². The number of aryl methyl sites for hydroxylation is 1. The lowest BCUT2D eigenvalue weighted by atomic mass is 10.1. The maximum Gasteiger partial charge on any atom is 0.111 e. The standard InChI is InChI=1S/C17H12Br2Cl2N2/c1-9-17(12-6-5-11(20)8-14(12)21)23-15(22-9)7-10-3-2-4-13(18)16(10)19/h2-6,8H,7H2,1H3,(H,22,23). The molecule has 6 heteroatoms. The molecule has 2 aromatic carbocycles. The van der Waals surface area contributed by atoms with Crippen LogP contribution in [0.25, 0.3) is 11.3 Å². The normalized spacial score (nSPS) is 11.0. The van der Waals surface area contributed by atoms with Gasteiger partial charge in [-0.25, -0.2) is 4.98 Å². The number of hydrogen-bond donors (Lipinski definition) is 1. The van der Waals surface area contributed by atoms with Gasteiger partial charge in [0.05, 0.1) is 10.7 Å². The molecule has 0 aliphatic heterocycles. The molecule has 1 aromatic heterocycles. The van der Waals surface area contributed by atoms with Crippen molar-refractivity contribution in [2.75, 3.05) is 0 Å². The molecule has 0 fully saturated rings. The van der Waals surface area contributed by atoms with Crippen LogP contribution in [-0.4, -0.2) is 9.97 Å². The van der Waals surface area contributed by atoms with Crippen LogP contribution in [0.4, 0.5) is 0 Å². The van der Waals surface area contributed by atoms with E-state index in [4.69, 9.17) is 28.2 Å². The van der Waals surface area contributed by atoms with Crippen molar-refractivity contribution in [2.45, 2.75) is 13.3 Å². The van der Waals surface area contributed by atoms with Gasteiger partial charge in [-0.2, -0.15) is 0 Å². The number of imidazole rings is 1. The number of aromatic nitrogens is 2. The monoisotopic (exact) mass is 472 g/mol. The average molecular weight is 475 g/mol. The fourth-order valence-corrected chi connectivity index (χ4v) is 3.73. The molecule has 1 N–H and O–H groups in total. The summed E-state index contributed by atoms with van der Waals surface area (Å²) in [7, 11) is 0. The van der Waals surface area contributed by atoms with Gasteiger partial charge in [0.15, 0.2) is 0 Å². The Labute approximate surface area is 161 Å². The van der Waals surface area contributed by atoms with Crippen molar-refractivity contribution in [3.63, 3.8) is 0 Å². The van der Waals surface area contributed by atoms with E-state index in [1.165, 1.54) is 0 Å². The van der Waals surface area contributed by atoms with E-state index in [9.17, 15) is 0 Å². The lowest BCUT2D eigenvalue weighted by molar-refractivity contribution is 1.01. The first-order valence-electron chi connectivity index (χ1n) is 6.89. The Bertz CT molecular complexity index is 875. The molecule has 0 bridgehead atoms. The predicted molar refractivity (Wildman–Crippen MR) is 103 cm³/mol. The molecule has 0 aliphatic rings. The van der Waals surface area contributed by atoms with Crippen molar-refractivity contribution in [2.24, 2.45) is 0 Å². The molecular weight excluding hydrogens is 463 g/mol. The molecule has 0 atom stereocenters. The third-order valence-corrected chi connectivity index (χ3v) is 6.19. The van der Waals surface area contributed by atoms with E-state index >= 15 is 0 Å². The predicted octanol–water partition coefficient (Wildman–Crippen LogP) is 6.81. The van der Waals surface area contributed by atoms with Gasteiger partial charge >= 0.3 is 0 Å². The minimum atomic E-state index is 0.599. The van der Waals surface area contributed by atoms with Crippen LogP contribution >= 0.6 is 55.1 Å². The molecule has 23 heavy (non-hydrogen) atoms. The molecule has 0 spiro atoms. The third-order valence-electron chi connectivity index (χ3n) is 3.51. The SMILES string of the molecule is Cc1[nH]c(Cc2cccc(Br)c2Br)nc1-c1ccc(Cl)cc1Cl. The number of nitrogens with one attached hydrogen (secondary N) is 1. The van der Waals surface area contributed by atoms with E-state index in [1.54, 1.807) is 6.07 Å². The van der Waals surface area contributed by atoms with Gasteiger partial charge in [-0.05, 0) is 68.6 Å². The molecule has 0 saturated heterocycles. The van der Waals surface area contributed by atoms with Gasteiger partial charge in [0, 0.05) is 31.6 Å². The van der Waals surface area contributed by atoms with Gasteiger partial charge in [-0.15, -0.1) is 0 Å². The van der Waals surface area contributed by atoms with Gasteiger partial charge in [0.2, 0.25) is 0 Å². The van der Waals surface area contributed by atoms with E-state index in [0.29, 0.717) is 16.5 Å². The second-order valence-corrected chi connectivity index (χ2v) is 7.66. The Morgan fingerprint density at radius 2 is 1.91 bits per heavy atom. The van der Waals surface area contributed by atoms with Crippen LogP contribution in [-0.2, 0) is 6.42 Å². The maximum atomic E-state index is 6.30. The summed E-state index contributed by atoms with van der Waals surface area (Å²) in [6.07, 6.45) is 0.700. The molecule has 0 aliphatic carbocycles. The summed E-state index contributed by atoms with van der Waals surface area (Å²) in [5, 5.41) is 1.22. The van der Waals surface area contributed by atoms with Crippen molar-refractivity contribution < 1.29 is 0 Å². The number of H-pyrrole nitrogens is 1. The summed E-state index contributed by atoms with van der Waals surface area (Å²) >= 11 is 19.4. The zero-order valence-electron chi connectivity index (χ0n) is 12.1. The fourth-order valence-electron chi connectivity index (χ4n) is 2.42. The molecule has 118 valence electrons. The molecule has 3 rings (SSSR count). The van der Waals surface area contributed by atoms with Gasteiger partial charge < -0.3 is 4.98 Å². The Hall–Kier alpha value is -0.810. The van der Waals surface area contributed by atoms with Crippen molar-refractivity contribution in [3.8, 4) is 11.3 Å². The molecule has 0 amide bonds. The smallest absolute Gasteiger partial charge is 0.111 e. The zero-order valence-corrected chi connectivity index (χ0v) is 16.8. The number of benzene rings is 2. The molecular formula is C17H12Br2Cl2N2. The van der Waals surface area contributed by atoms with Crippen LogP contribution in [0.2, 0.25) is 10.0 Å². The van der Waals surface area contributed by atoms with E-state index in [0.717, 1.165) is 37.3 Å². The third kappa shape index (κ3) is 3.66. The Morgan fingerprint density at radius 1 is 1.13 bits per heavy atom. The minimum Gasteiger partial charge on any atom is -0.345 e. The first-order chi connectivity index (χ1) is 11.0. The van der Waals surface area contributed by atoms with Crippen LogP contribution in [0.3, 0.4) is 0 Å². The first kappa shape index (κ1) is 17.0. The summed E-state index contributed by atoms with van der Waals surface area (Å²) in [4.78, 5) is 8.06. The molecule has 0 saturated carbocycles. The summed E-state index contributed by atoms with van der Waals surface area (Å²) < 4.78 is 2.07. The van der Waals surface area contributed by atoms with Crippen LogP contribution < -0.4 is 0 Å². The van der Waals surface area contributed by atoms with E-state index < -0.39 is 0 Å². The summed E-state index contributed by atoms with van der Waals surface area (Å²) in [5.74, 6) is 0.891. The molecule has 1 heterocycles. The number of hydrogen-bond acceptors (Lipinski definition) is 1. The Balaban J connectivity index is 1.96. The molecule has 0 radical (unpaired) electrons. The number of aromatic amines is 1. The number of halogens is 4. The topological polar surface area (TPSA) is 28.7 Å². The highest BCUT2D eigenvalue weighted by atomic mass is 79.9. The largest absolute Gasteiger partial charge is 0.345 e. The number of rotatable bonds is 3. The van der Waals surface area contributed by atoms with E-state index in [2.05, 4.69) is 42.9 Å². The highest BCUT2D eigenvalue weighted by molar-refractivity contribution is 9.13. The van der Waals surface area contributed by atoms with Crippen molar-refractivity contribution in [1.29, 1.82) is 0 Å².